The molecule has 1 saturated heterocycles. The van der Waals surface area contributed by atoms with E-state index in [2.05, 4.69) is 32.8 Å². The van der Waals surface area contributed by atoms with Crippen molar-refractivity contribution in [2.75, 3.05) is 18.4 Å². The van der Waals surface area contributed by atoms with E-state index >= 15 is 0 Å². The predicted molar refractivity (Wildman–Crippen MR) is 106 cm³/mol. The van der Waals surface area contributed by atoms with Crippen LogP contribution < -0.4 is 10.8 Å². The largest absolute Gasteiger partial charge is 0.430 e. The number of nitrogens with one attached hydrogen (secondary N) is 2. The molecule has 1 amide bonds. The molecular formula is C20H20BrN3O3. The van der Waals surface area contributed by atoms with E-state index in [4.69, 9.17) is 9.68 Å². The summed E-state index contributed by atoms with van der Waals surface area (Å²) >= 11 is 3.40. The van der Waals surface area contributed by atoms with Crippen molar-refractivity contribution in [1.29, 1.82) is 0 Å². The van der Waals surface area contributed by atoms with Crippen LogP contribution in [0.15, 0.2) is 65.1 Å². The first-order valence-corrected chi connectivity index (χ1v) is 9.64. The molecule has 27 heavy (non-hydrogen) atoms. The minimum Gasteiger partial charge on any atom is -0.351 e. The number of para-hydroxylation sites is 1. The predicted octanol–water partition coefficient (Wildman–Crippen LogP) is 4.32. The van der Waals surface area contributed by atoms with Crippen LogP contribution >= 0.6 is 15.9 Å². The Morgan fingerprint density at radius 3 is 2.56 bits per heavy atom. The Labute approximate surface area is 166 Å². The van der Waals surface area contributed by atoms with Gasteiger partial charge in [-0.3, -0.25) is 15.6 Å². The first-order valence-electron chi connectivity index (χ1n) is 8.84. The van der Waals surface area contributed by atoms with Crippen LogP contribution in [-0.2, 0) is 9.68 Å². The van der Waals surface area contributed by atoms with Crippen LogP contribution in [0.3, 0.4) is 0 Å². The van der Waals surface area contributed by atoms with Gasteiger partial charge in [-0.05, 0) is 52.5 Å². The van der Waals surface area contributed by atoms with Crippen molar-refractivity contribution in [1.82, 2.24) is 10.5 Å². The molecule has 2 aromatic carbocycles. The van der Waals surface area contributed by atoms with Gasteiger partial charge in [0.15, 0.2) is 0 Å². The number of carbonyl (C=O) groups is 1. The molecule has 2 heterocycles. The van der Waals surface area contributed by atoms with Gasteiger partial charge in [-0.15, -0.1) is 5.06 Å². The van der Waals surface area contributed by atoms with Gasteiger partial charge < -0.3 is 4.84 Å². The number of hydrogen-bond acceptors (Lipinski definition) is 5. The molecule has 1 fully saturated rings. The molecule has 140 valence electrons. The van der Waals surface area contributed by atoms with Crippen molar-refractivity contribution in [3.05, 3.63) is 70.7 Å². The van der Waals surface area contributed by atoms with E-state index in [0.717, 1.165) is 28.6 Å². The van der Waals surface area contributed by atoms with Crippen molar-refractivity contribution in [2.24, 2.45) is 0 Å². The average Bonchev–Trinajstić information content (AvgIpc) is 3.10. The van der Waals surface area contributed by atoms with Crippen LogP contribution in [-0.4, -0.2) is 29.8 Å². The van der Waals surface area contributed by atoms with Gasteiger partial charge in [0.2, 0.25) is 0 Å². The highest BCUT2D eigenvalue weighted by molar-refractivity contribution is 9.10. The van der Waals surface area contributed by atoms with Crippen molar-refractivity contribution >= 4 is 33.4 Å². The lowest BCUT2D eigenvalue weighted by atomic mass is 9.91. The molecule has 0 unspecified atom stereocenters. The van der Waals surface area contributed by atoms with E-state index in [1.165, 1.54) is 0 Å². The van der Waals surface area contributed by atoms with Crippen LogP contribution in [0.25, 0.3) is 5.70 Å². The highest BCUT2D eigenvalue weighted by Gasteiger charge is 2.39. The van der Waals surface area contributed by atoms with E-state index < -0.39 is 6.09 Å². The Hall–Kier alpha value is -2.35. The normalized spacial score (nSPS) is 18.6. The number of rotatable bonds is 3. The number of piperidine rings is 1. The molecule has 2 aliphatic heterocycles. The van der Waals surface area contributed by atoms with Crippen molar-refractivity contribution < 1.29 is 14.5 Å². The smallest absolute Gasteiger partial charge is 0.351 e. The lowest BCUT2D eigenvalue weighted by Crippen LogP contribution is -2.45. The molecule has 0 aliphatic carbocycles. The summed E-state index contributed by atoms with van der Waals surface area (Å²) < 4.78 is 0.809. The van der Waals surface area contributed by atoms with E-state index in [9.17, 15) is 4.79 Å². The summed E-state index contributed by atoms with van der Waals surface area (Å²) in [7, 11) is 0. The second-order valence-corrected chi connectivity index (χ2v) is 7.46. The maximum atomic E-state index is 12.1. The van der Waals surface area contributed by atoms with Gasteiger partial charge in [-0.1, -0.05) is 42.5 Å². The summed E-state index contributed by atoms with van der Waals surface area (Å²) in [6, 6.07) is 17.5. The van der Waals surface area contributed by atoms with Crippen LogP contribution in [0.2, 0.25) is 0 Å². The van der Waals surface area contributed by atoms with Crippen LogP contribution in [0.4, 0.5) is 10.5 Å². The number of halogens is 1. The molecule has 2 N–H and O–H groups in total. The van der Waals surface area contributed by atoms with Crippen LogP contribution in [0.5, 0.6) is 0 Å². The second kappa shape index (κ2) is 7.72. The molecule has 7 heteroatoms. The Balaban J connectivity index is 1.32. The monoisotopic (exact) mass is 429 g/mol. The lowest BCUT2D eigenvalue weighted by Gasteiger charge is -2.35. The summed E-state index contributed by atoms with van der Waals surface area (Å²) in [5.74, 6) is 0. The highest BCUT2D eigenvalue weighted by atomic mass is 79.9. The highest BCUT2D eigenvalue weighted by Crippen LogP contribution is 2.34. The summed E-state index contributed by atoms with van der Waals surface area (Å²) in [5.41, 5.74) is 5.44. The van der Waals surface area contributed by atoms with Gasteiger partial charge >= 0.3 is 6.09 Å². The van der Waals surface area contributed by atoms with Crippen molar-refractivity contribution in [2.45, 2.75) is 18.4 Å². The third-order valence-corrected chi connectivity index (χ3v) is 5.44. The van der Waals surface area contributed by atoms with E-state index in [1.54, 1.807) is 5.06 Å². The molecule has 2 aliphatic rings. The fraction of sp³-hybridized carbons (Fsp3) is 0.250. The quantitative estimate of drug-likeness (QED) is 0.760. The number of amides is 1. The number of benzene rings is 2. The molecule has 6 nitrogen and oxygen atoms in total. The minimum atomic E-state index is -0.496. The molecule has 0 atom stereocenters. The summed E-state index contributed by atoms with van der Waals surface area (Å²) in [6.07, 6.45) is 3.11. The van der Waals surface area contributed by atoms with Crippen LogP contribution in [0, 0.1) is 0 Å². The van der Waals surface area contributed by atoms with Gasteiger partial charge in [0.25, 0.3) is 0 Å². The molecular weight excluding hydrogens is 410 g/mol. The lowest BCUT2D eigenvalue weighted by molar-refractivity contribution is -0.153. The maximum Gasteiger partial charge on any atom is 0.430 e. The average molecular weight is 430 g/mol. The molecule has 2 aromatic rings. The molecule has 4 rings (SSSR count). The van der Waals surface area contributed by atoms with Crippen LogP contribution in [0.1, 0.15) is 18.4 Å². The molecule has 0 bridgehead atoms. The standard InChI is InChI=1S/C20H20BrN3O3/c21-16-8-4-5-9-17(16)22-19(25)26-24-12-10-20(11-13-24)14-18(23-27-20)15-6-2-1-3-7-15/h1-9,14,23H,10-13H2,(H,22,25). The number of hydroxylamine groups is 3. The second-order valence-electron chi connectivity index (χ2n) is 6.61. The van der Waals surface area contributed by atoms with Gasteiger partial charge in [0.05, 0.1) is 11.4 Å². The first-order chi connectivity index (χ1) is 13.1. The third kappa shape index (κ3) is 4.16. The molecule has 0 aromatic heterocycles. The summed E-state index contributed by atoms with van der Waals surface area (Å²) in [4.78, 5) is 23.4. The van der Waals surface area contributed by atoms with E-state index in [0.29, 0.717) is 18.8 Å². The van der Waals surface area contributed by atoms with Gasteiger partial charge in [0, 0.05) is 17.6 Å². The van der Waals surface area contributed by atoms with Gasteiger partial charge in [0.1, 0.15) is 5.60 Å². The van der Waals surface area contributed by atoms with Crippen molar-refractivity contribution in [3.8, 4) is 0 Å². The SMILES string of the molecule is O=C(Nc1ccccc1Br)ON1CCC2(C=C(c3ccccc3)NO2)CC1. The van der Waals surface area contributed by atoms with E-state index in [-0.39, 0.29) is 5.60 Å². The number of nitrogens with zero attached hydrogens (tertiary/aromatic N) is 1. The Kier molecular flexibility index (Phi) is 5.15. The molecule has 0 radical (unpaired) electrons. The first kappa shape index (κ1) is 18.0. The topological polar surface area (TPSA) is 62.8 Å². The zero-order valence-electron chi connectivity index (χ0n) is 14.7. The Bertz CT molecular complexity index is 849. The molecule has 1 spiro atoms. The summed E-state index contributed by atoms with van der Waals surface area (Å²) in [6.45, 7) is 1.20. The van der Waals surface area contributed by atoms with E-state index in [1.807, 2.05) is 54.6 Å². The zero-order chi connectivity index (χ0) is 18.7. The van der Waals surface area contributed by atoms with Crippen molar-refractivity contribution in [3.63, 3.8) is 0 Å². The number of anilines is 1. The fourth-order valence-electron chi connectivity index (χ4n) is 3.25. The van der Waals surface area contributed by atoms with Gasteiger partial charge in [-0.2, -0.15) is 0 Å². The molecule has 0 saturated carbocycles. The zero-order valence-corrected chi connectivity index (χ0v) is 16.2. The summed E-state index contributed by atoms with van der Waals surface area (Å²) in [5, 5.41) is 4.42. The number of carbonyl (C=O) groups excluding carboxylic acids is 1. The number of hydrogen-bond donors (Lipinski definition) is 2. The minimum absolute atomic E-state index is 0.357. The van der Waals surface area contributed by atoms with Gasteiger partial charge in [-0.25, -0.2) is 4.79 Å². The fourth-order valence-corrected chi connectivity index (χ4v) is 3.64. The Morgan fingerprint density at radius 1 is 1.11 bits per heavy atom. The Morgan fingerprint density at radius 2 is 1.81 bits per heavy atom. The maximum absolute atomic E-state index is 12.1. The third-order valence-electron chi connectivity index (χ3n) is 4.75.